The standard InChI is InChI=1S/C21H23NO3/c1-15-14-22(13-12-19(15)25-2)21(24)18-11-7-6-10-17(18)20(23)16-8-4-3-5-9-16/h3-11,15,19H,12-14H2,1-2H3/t15-,19-/m0/s1. The van der Waals surface area contributed by atoms with Gasteiger partial charge in [-0.15, -0.1) is 0 Å². The highest BCUT2D eigenvalue weighted by molar-refractivity contribution is 6.15. The molecule has 4 nitrogen and oxygen atoms in total. The van der Waals surface area contributed by atoms with E-state index in [9.17, 15) is 9.59 Å². The van der Waals surface area contributed by atoms with Gasteiger partial charge in [0.1, 0.15) is 0 Å². The molecule has 25 heavy (non-hydrogen) atoms. The van der Waals surface area contributed by atoms with E-state index >= 15 is 0 Å². The van der Waals surface area contributed by atoms with Crippen molar-refractivity contribution < 1.29 is 14.3 Å². The highest BCUT2D eigenvalue weighted by Gasteiger charge is 2.30. The number of carbonyl (C=O) groups excluding carboxylic acids is 2. The molecule has 4 heteroatoms. The average Bonchev–Trinajstić information content (AvgIpc) is 2.67. The van der Waals surface area contributed by atoms with Gasteiger partial charge in [0.2, 0.25) is 0 Å². The number of hydrogen-bond donors (Lipinski definition) is 0. The maximum atomic E-state index is 13.0. The fraction of sp³-hybridized carbons (Fsp3) is 0.333. The van der Waals surface area contributed by atoms with E-state index in [1.807, 2.05) is 23.1 Å². The Kier molecular flexibility index (Phi) is 5.29. The van der Waals surface area contributed by atoms with E-state index in [0.717, 1.165) is 6.42 Å². The lowest BCUT2D eigenvalue weighted by molar-refractivity contribution is 0.00292. The summed E-state index contributed by atoms with van der Waals surface area (Å²) in [5, 5.41) is 0. The van der Waals surface area contributed by atoms with Crippen LogP contribution in [-0.4, -0.2) is 42.9 Å². The lowest BCUT2D eigenvalue weighted by Gasteiger charge is -2.36. The fourth-order valence-corrected chi connectivity index (χ4v) is 3.44. The summed E-state index contributed by atoms with van der Waals surface area (Å²) in [6.45, 7) is 3.38. The van der Waals surface area contributed by atoms with Crippen LogP contribution in [0.3, 0.4) is 0 Å². The third kappa shape index (κ3) is 3.64. The quantitative estimate of drug-likeness (QED) is 0.803. The molecule has 2 atom stereocenters. The van der Waals surface area contributed by atoms with Gasteiger partial charge in [-0.1, -0.05) is 55.5 Å². The van der Waals surface area contributed by atoms with Gasteiger partial charge in [-0.25, -0.2) is 0 Å². The van der Waals surface area contributed by atoms with Crippen molar-refractivity contribution in [3.05, 3.63) is 71.3 Å². The maximum Gasteiger partial charge on any atom is 0.254 e. The van der Waals surface area contributed by atoms with Crippen LogP contribution >= 0.6 is 0 Å². The summed E-state index contributed by atoms with van der Waals surface area (Å²) in [6, 6.07) is 16.1. The predicted octanol–water partition coefficient (Wildman–Crippen LogP) is 3.41. The Morgan fingerprint density at radius 3 is 2.28 bits per heavy atom. The summed E-state index contributed by atoms with van der Waals surface area (Å²) >= 11 is 0. The number of nitrogens with zero attached hydrogens (tertiary/aromatic N) is 1. The summed E-state index contributed by atoms with van der Waals surface area (Å²) in [5.41, 5.74) is 1.52. The van der Waals surface area contributed by atoms with Gasteiger partial charge in [0.25, 0.3) is 5.91 Å². The first-order valence-electron chi connectivity index (χ1n) is 8.62. The Balaban J connectivity index is 1.86. The average molecular weight is 337 g/mol. The first kappa shape index (κ1) is 17.4. The second kappa shape index (κ2) is 7.62. The highest BCUT2D eigenvalue weighted by Crippen LogP contribution is 2.23. The van der Waals surface area contributed by atoms with E-state index < -0.39 is 0 Å². The van der Waals surface area contributed by atoms with E-state index in [1.54, 1.807) is 43.5 Å². The predicted molar refractivity (Wildman–Crippen MR) is 96.8 cm³/mol. The van der Waals surface area contributed by atoms with Crippen LogP contribution in [0.15, 0.2) is 54.6 Å². The van der Waals surface area contributed by atoms with Gasteiger partial charge in [0.05, 0.1) is 11.7 Å². The zero-order valence-corrected chi connectivity index (χ0v) is 14.6. The van der Waals surface area contributed by atoms with Crippen molar-refractivity contribution in [2.24, 2.45) is 5.92 Å². The number of benzene rings is 2. The Hall–Kier alpha value is -2.46. The van der Waals surface area contributed by atoms with E-state index in [0.29, 0.717) is 29.8 Å². The van der Waals surface area contributed by atoms with Gasteiger partial charge >= 0.3 is 0 Å². The van der Waals surface area contributed by atoms with Gasteiger partial charge in [-0.05, 0) is 18.4 Å². The molecule has 2 aromatic carbocycles. The van der Waals surface area contributed by atoms with Crippen LogP contribution < -0.4 is 0 Å². The molecule has 3 rings (SSSR count). The molecular weight excluding hydrogens is 314 g/mol. The normalized spacial score (nSPS) is 20.3. The molecule has 0 aromatic heterocycles. The topological polar surface area (TPSA) is 46.6 Å². The van der Waals surface area contributed by atoms with E-state index in [2.05, 4.69) is 6.92 Å². The SMILES string of the molecule is CO[C@H]1CCN(C(=O)c2ccccc2C(=O)c2ccccc2)C[C@@H]1C. The number of ether oxygens (including phenoxy) is 1. The van der Waals surface area contributed by atoms with Crippen LogP contribution in [0.5, 0.6) is 0 Å². The van der Waals surface area contributed by atoms with Gasteiger partial charge in [0.15, 0.2) is 5.78 Å². The molecular formula is C21H23NO3. The number of piperidine rings is 1. The van der Waals surface area contributed by atoms with Gasteiger partial charge in [-0.3, -0.25) is 9.59 Å². The van der Waals surface area contributed by atoms with Crippen molar-refractivity contribution in [2.45, 2.75) is 19.4 Å². The Labute approximate surface area is 148 Å². The second-order valence-corrected chi connectivity index (χ2v) is 6.53. The summed E-state index contributed by atoms with van der Waals surface area (Å²) in [4.78, 5) is 27.7. The first-order valence-corrected chi connectivity index (χ1v) is 8.62. The smallest absolute Gasteiger partial charge is 0.254 e. The molecule has 1 fully saturated rings. The molecule has 0 aliphatic carbocycles. The lowest BCUT2D eigenvalue weighted by Crippen LogP contribution is -2.45. The van der Waals surface area contributed by atoms with Gasteiger partial charge in [0, 0.05) is 31.3 Å². The van der Waals surface area contributed by atoms with Crippen molar-refractivity contribution in [1.29, 1.82) is 0 Å². The minimum Gasteiger partial charge on any atom is -0.381 e. The molecule has 0 saturated carbocycles. The van der Waals surface area contributed by atoms with Gasteiger partial charge < -0.3 is 9.64 Å². The number of likely N-dealkylation sites (tertiary alicyclic amines) is 1. The molecule has 1 saturated heterocycles. The van der Waals surface area contributed by atoms with E-state index in [-0.39, 0.29) is 23.7 Å². The van der Waals surface area contributed by atoms with Crippen molar-refractivity contribution in [3.8, 4) is 0 Å². The maximum absolute atomic E-state index is 13.0. The van der Waals surface area contributed by atoms with Crippen molar-refractivity contribution in [3.63, 3.8) is 0 Å². The van der Waals surface area contributed by atoms with Crippen LogP contribution in [0, 0.1) is 5.92 Å². The third-order valence-electron chi connectivity index (χ3n) is 4.85. The molecule has 0 N–H and O–H groups in total. The van der Waals surface area contributed by atoms with E-state index in [4.69, 9.17) is 4.74 Å². The van der Waals surface area contributed by atoms with Crippen molar-refractivity contribution >= 4 is 11.7 Å². The number of carbonyl (C=O) groups is 2. The molecule has 1 aliphatic rings. The van der Waals surface area contributed by atoms with Crippen molar-refractivity contribution in [2.75, 3.05) is 20.2 Å². The number of hydrogen-bond acceptors (Lipinski definition) is 3. The minimum atomic E-state index is -0.121. The second-order valence-electron chi connectivity index (χ2n) is 6.53. The molecule has 1 aliphatic heterocycles. The Morgan fingerprint density at radius 1 is 1.00 bits per heavy atom. The fourth-order valence-electron chi connectivity index (χ4n) is 3.44. The Bertz CT molecular complexity index is 757. The van der Waals surface area contributed by atoms with Crippen LogP contribution in [-0.2, 0) is 4.74 Å². The van der Waals surface area contributed by atoms with Crippen LogP contribution in [0.2, 0.25) is 0 Å². The number of amides is 1. The Morgan fingerprint density at radius 2 is 1.64 bits per heavy atom. The third-order valence-corrected chi connectivity index (χ3v) is 4.85. The molecule has 0 spiro atoms. The van der Waals surface area contributed by atoms with Gasteiger partial charge in [-0.2, -0.15) is 0 Å². The molecule has 130 valence electrons. The summed E-state index contributed by atoms with van der Waals surface area (Å²) in [5.74, 6) is 0.0744. The van der Waals surface area contributed by atoms with E-state index in [1.165, 1.54) is 0 Å². The van der Waals surface area contributed by atoms with Crippen molar-refractivity contribution in [1.82, 2.24) is 4.90 Å². The summed E-state index contributed by atoms with van der Waals surface area (Å²) in [7, 11) is 1.71. The molecule has 0 bridgehead atoms. The summed E-state index contributed by atoms with van der Waals surface area (Å²) in [6.07, 6.45) is 1.00. The largest absolute Gasteiger partial charge is 0.381 e. The molecule has 0 unspecified atom stereocenters. The molecule has 1 heterocycles. The lowest BCUT2D eigenvalue weighted by atomic mass is 9.94. The minimum absolute atomic E-state index is 0.0821. The molecule has 0 radical (unpaired) electrons. The zero-order valence-electron chi connectivity index (χ0n) is 14.6. The monoisotopic (exact) mass is 337 g/mol. The number of rotatable bonds is 4. The molecule has 1 amide bonds. The van der Waals surface area contributed by atoms with Crippen LogP contribution in [0.25, 0.3) is 0 Å². The van der Waals surface area contributed by atoms with Crippen LogP contribution in [0.4, 0.5) is 0 Å². The number of methoxy groups -OCH3 is 1. The first-order chi connectivity index (χ1) is 12.1. The van der Waals surface area contributed by atoms with Crippen LogP contribution in [0.1, 0.15) is 39.6 Å². The summed E-state index contributed by atoms with van der Waals surface area (Å²) < 4.78 is 5.46. The number of ketones is 1. The molecule has 2 aromatic rings. The zero-order chi connectivity index (χ0) is 17.8. The highest BCUT2D eigenvalue weighted by atomic mass is 16.5.